The third-order valence-corrected chi connectivity index (χ3v) is 10.9. The Kier molecular flexibility index (Phi) is 4.00. The molecule has 47 heavy (non-hydrogen) atoms. The van der Waals surface area contributed by atoms with Crippen LogP contribution < -0.4 is 14.0 Å². The Labute approximate surface area is 268 Å². The highest BCUT2D eigenvalue weighted by molar-refractivity contribution is 6.11. The molecule has 0 saturated heterocycles. The number of furan rings is 1. The number of para-hydroxylation sites is 2. The number of rotatable bonds is 1. The first-order valence-electron chi connectivity index (χ1n) is 16.1. The Morgan fingerprint density at radius 3 is 2.38 bits per heavy atom. The highest BCUT2D eigenvalue weighted by Crippen LogP contribution is 2.56. The lowest BCUT2D eigenvalue weighted by Gasteiger charge is -2.33. The first kappa shape index (κ1) is 24.1. The molecule has 0 aliphatic carbocycles. The van der Waals surface area contributed by atoms with Crippen LogP contribution in [0.15, 0.2) is 126 Å². The molecule has 6 heteroatoms. The number of aromatic nitrogens is 4. The Morgan fingerprint density at radius 1 is 0.660 bits per heavy atom. The summed E-state index contributed by atoms with van der Waals surface area (Å²) >= 11 is 0. The van der Waals surface area contributed by atoms with Crippen LogP contribution in [-0.4, -0.2) is 9.25 Å². The van der Waals surface area contributed by atoms with E-state index in [-0.39, 0.29) is 0 Å². The van der Waals surface area contributed by atoms with Gasteiger partial charge in [-0.1, -0.05) is 53.2 Å². The lowest BCUT2D eigenvalue weighted by Crippen LogP contribution is -2.77. The minimum Gasteiger partial charge on any atom is -0.456 e. The summed E-state index contributed by atoms with van der Waals surface area (Å²) in [7, 11) is 0. The first-order valence-corrected chi connectivity index (χ1v) is 16.1. The van der Waals surface area contributed by atoms with Crippen molar-refractivity contribution >= 4 is 43.7 Å². The van der Waals surface area contributed by atoms with E-state index in [1.54, 1.807) is 0 Å². The lowest BCUT2D eigenvalue weighted by atomic mass is 9.84. The molecule has 3 aliphatic rings. The molecule has 7 heterocycles. The molecular weight excluding hydrogens is 580 g/mol. The standard InChI is InChI=1S/C41H26N4O2/c1-23-37(25-17-18-28-27-11-4-6-14-32(27)46-35(28)22-25)24(2)45-41-38-31(44(23)45)13-9-15-33(38)47-34-20-19-29-26-10-3-5-12-30(26)43(40(29)39(34)41)36-16-7-8-21-42(36)41/h3-22H,1-2H3/q+2. The molecule has 5 aromatic carbocycles. The van der Waals surface area contributed by atoms with Crippen LogP contribution in [0.5, 0.6) is 11.5 Å². The molecule has 0 fully saturated rings. The molecule has 0 N–H and O–H groups in total. The summed E-state index contributed by atoms with van der Waals surface area (Å²) in [5.74, 6) is 2.90. The summed E-state index contributed by atoms with van der Waals surface area (Å²) in [6, 6.07) is 41.1. The highest BCUT2D eigenvalue weighted by atomic mass is 16.5. The lowest BCUT2D eigenvalue weighted by molar-refractivity contribution is -0.995. The largest absolute Gasteiger partial charge is 0.456 e. The first-order chi connectivity index (χ1) is 23.2. The van der Waals surface area contributed by atoms with Gasteiger partial charge in [0, 0.05) is 34.5 Å². The molecule has 6 nitrogen and oxygen atoms in total. The van der Waals surface area contributed by atoms with Crippen LogP contribution in [0.4, 0.5) is 0 Å². The van der Waals surface area contributed by atoms with Crippen LogP contribution in [0.2, 0.25) is 0 Å². The third kappa shape index (κ3) is 2.51. The molecule has 9 aromatic rings. The van der Waals surface area contributed by atoms with Gasteiger partial charge in [0.2, 0.25) is 5.69 Å². The second-order valence-corrected chi connectivity index (χ2v) is 13.0. The van der Waals surface area contributed by atoms with Crippen LogP contribution in [0, 0.1) is 13.8 Å². The van der Waals surface area contributed by atoms with Crippen molar-refractivity contribution in [1.82, 2.24) is 9.25 Å². The Hall–Kier alpha value is -6.14. The van der Waals surface area contributed by atoms with Gasteiger partial charge in [-0.25, -0.2) is 0 Å². The van der Waals surface area contributed by atoms with Crippen LogP contribution in [0.3, 0.4) is 0 Å². The van der Waals surface area contributed by atoms with E-state index < -0.39 is 5.66 Å². The van der Waals surface area contributed by atoms with Gasteiger partial charge in [-0.15, -0.1) is 4.68 Å². The van der Waals surface area contributed by atoms with Crippen molar-refractivity contribution in [1.29, 1.82) is 0 Å². The van der Waals surface area contributed by atoms with Gasteiger partial charge in [0.1, 0.15) is 39.4 Å². The average Bonchev–Trinajstić information content (AvgIpc) is 3.81. The van der Waals surface area contributed by atoms with Crippen molar-refractivity contribution in [3.05, 3.63) is 144 Å². The van der Waals surface area contributed by atoms with E-state index in [2.05, 4.69) is 142 Å². The van der Waals surface area contributed by atoms with E-state index in [9.17, 15) is 0 Å². The SMILES string of the molecule is Cc1c(-c2ccc3c(c2)oc2ccccc23)c(C)[n+]2n1-c1cccc3c1C21c2c(ccc4c5ccccc5n(c24)-c2cccc[n+]21)O3. The summed E-state index contributed by atoms with van der Waals surface area (Å²) < 4.78 is 23.1. The predicted octanol–water partition coefficient (Wildman–Crippen LogP) is 8.36. The Morgan fingerprint density at radius 2 is 1.45 bits per heavy atom. The fourth-order valence-corrected chi connectivity index (χ4v) is 9.27. The van der Waals surface area contributed by atoms with Crippen molar-refractivity contribution in [3.8, 4) is 34.1 Å². The van der Waals surface area contributed by atoms with E-state index in [1.165, 1.54) is 49.9 Å². The molecule has 12 rings (SSSR count). The smallest absolute Gasteiger partial charge is 0.397 e. The zero-order chi connectivity index (χ0) is 30.8. The second-order valence-electron chi connectivity index (χ2n) is 13.0. The van der Waals surface area contributed by atoms with Crippen molar-refractivity contribution in [2.45, 2.75) is 19.5 Å². The van der Waals surface area contributed by atoms with E-state index in [0.29, 0.717) is 0 Å². The van der Waals surface area contributed by atoms with Crippen LogP contribution in [0.1, 0.15) is 22.5 Å². The van der Waals surface area contributed by atoms with Gasteiger partial charge in [0.05, 0.1) is 17.5 Å². The third-order valence-electron chi connectivity index (χ3n) is 10.9. The Balaban J connectivity index is 1.26. The zero-order valence-corrected chi connectivity index (χ0v) is 25.7. The van der Waals surface area contributed by atoms with Crippen LogP contribution in [0.25, 0.3) is 66.4 Å². The molecule has 220 valence electrons. The molecule has 1 spiro atoms. The summed E-state index contributed by atoms with van der Waals surface area (Å²) in [6.07, 6.45) is 2.24. The number of benzene rings is 5. The maximum Gasteiger partial charge on any atom is 0.397 e. The van der Waals surface area contributed by atoms with E-state index in [4.69, 9.17) is 9.15 Å². The van der Waals surface area contributed by atoms with Gasteiger partial charge < -0.3 is 9.15 Å². The van der Waals surface area contributed by atoms with E-state index in [1.807, 2.05) is 12.1 Å². The van der Waals surface area contributed by atoms with Crippen molar-refractivity contribution in [3.63, 3.8) is 0 Å². The second kappa shape index (κ2) is 7.80. The molecular formula is C41H26N4O2+2. The number of pyridine rings is 1. The fraction of sp³-hybridized carbons (Fsp3) is 0.0732. The maximum absolute atomic E-state index is 6.85. The fourth-order valence-electron chi connectivity index (χ4n) is 9.27. The minimum absolute atomic E-state index is 0.712. The summed E-state index contributed by atoms with van der Waals surface area (Å²) in [5, 5.41) is 4.75. The van der Waals surface area contributed by atoms with Crippen molar-refractivity contribution in [2.75, 3.05) is 0 Å². The number of fused-ring (bicyclic) bond motifs is 10. The Bertz CT molecular complexity index is 2920. The van der Waals surface area contributed by atoms with Gasteiger partial charge in [-0.2, -0.15) is 9.13 Å². The average molecular weight is 607 g/mol. The molecule has 1 atom stereocenters. The summed E-state index contributed by atoms with van der Waals surface area (Å²) in [4.78, 5) is 0. The van der Waals surface area contributed by atoms with Gasteiger partial charge in [-0.3, -0.25) is 0 Å². The summed E-state index contributed by atoms with van der Waals surface area (Å²) in [5.41, 5.74) is 11.7. The van der Waals surface area contributed by atoms with Crippen molar-refractivity contribution in [2.24, 2.45) is 0 Å². The zero-order valence-electron chi connectivity index (χ0n) is 25.7. The van der Waals surface area contributed by atoms with Gasteiger partial charge in [0.25, 0.3) is 5.82 Å². The topological polar surface area (TPSA) is 40.0 Å². The maximum atomic E-state index is 6.85. The number of ether oxygens (including phenoxy) is 1. The van der Waals surface area contributed by atoms with Gasteiger partial charge in [-0.05, 0) is 73.2 Å². The quantitative estimate of drug-likeness (QED) is 0.176. The molecule has 0 amide bonds. The minimum atomic E-state index is -0.712. The van der Waals surface area contributed by atoms with Crippen LogP contribution in [-0.2, 0) is 5.66 Å². The van der Waals surface area contributed by atoms with Crippen LogP contribution >= 0.6 is 0 Å². The number of hydrogen-bond donors (Lipinski definition) is 0. The molecule has 0 radical (unpaired) electrons. The molecule has 0 bridgehead atoms. The predicted molar refractivity (Wildman–Crippen MR) is 181 cm³/mol. The molecule has 1 unspecified atom stereocenters. The van der Waals surface area contributed by atoms with Crippen molar-refractivity contribution < 1.29 is 18.4 Å². The summed E-state index contributed by atoms with van der Waals surface area (Å²) in [6.45, 7) is 4.51. The van der Waals surface area contributed by atoms with E-state index >= 15 is 0 Å². The normalized spacial score (nSPS) is 16.6. The monoisotopic (exact) mass is 606 g/mol. The highest BCUT2D eigenvalue weighted by Gasteiger charge is 2.69. The van der Waals surface area contributed by atoms with Gasteiger partial charge in [0.15, 0.2) is 11.1 Å². The number of hydrogen-bond acceptors (Lipinski definition) is 2. The van der Waals surface area contributed by atoms with E-state index in [0.717, 1.165) is 50.5 Å². The molecule has 3 aliphatic heterocycles. The molecule has 4 aromatic heterocycles. The molecule has 0 saturated carbocycles. The number of nitrogens with zero attached hydrogens (tertiary/aromatic N) is 4. The van der Waals surface area contributed by atoms with Gasteiger partial charge >= 0.3 is 5.66 Å².